The molecule has 0 unspecified atom stereocenters. The summed E-state index contributed by atoms with van der Waals surface area (Å²) in [6.07, 6.45) is 1.29. The number of hydrogen-bond acceptors (Lipinski definition) is 6. The van der Waals surface area contributed by atoms with Gasteiger partial charge in [0.2, 0.25) is 0 Å². The summed E-state index contributed by atoms with van der Waals surface area (Å²) in [5.74, 6) is -4.06. The van der Waals surface area contributed by atoms with Gasteiger partial charge in [-0.15, -0.1) is 0 Å². The lowest BCUT2D eigenvalue weighted by molar-refractivity contribution is 0.0428. The Morgan fingerprint density at radius 3 is 2.52 bits per heavy atom. The molecule has 1 aliphatic heterocycles. The van der Waals surface area contributed by atoms with Crippen LogP contribution < -0.4 is 20.7 Å². The van der Waals surface area contributed by atoms with Crippen LogP contribution in [0.15, 0.2) is 79.0 Å². The van der Waals surface area contributed by atoms with E-state index in [2.05, 4.69) is 20.7 Å². The first-order chi connectivity index (χ1) is 20.1. The molecule has 2 heterocycles. The first-order valence-electron chi connectivity index (χ1n) is 12.9. The number of nitrogens with one attached hydrogen (secondary N) is 1. The fraction of sp³-hybridized carbons (Fsp3) is 0.200. The Labute approximate surface area is 243 Å². The van der Waals surface area contributed by atoms with E-state index in [-0.39, 0.29) is 47.6 Å². The van der Waals surface area contributed by atoms with Crippen molar-refractivity contribution < 1.29 is 23.1 Å². The summed E-state index contributed by atoms with van der Waals surface area (Å²) in [4.78, 5) is 28.5. The zero-order valence-electron chi connectivity index (χ0n) is 22.5. The van der Waals surface area contributed by atoms with Gasteiger partial charge in [-0.3, -0.25) is 14.3 Å². The van der Waals surface area contributed by atoms with Crippen LogP contribution in [-0.4, -0.2) is 50.2 Å². The van der Waals surface area contributed by atoms with Crippen molar-refractivity contribution in [3.05, 3.63) is 107 Å². The molecule has 0 aliphatic carbocycles. The normalized spacial score (nSPS) is 16.5. The third-order valence-corrected chi connectivity index (χ3v) is 7.18. The molecule has 0 saturated carbocycles. The molecule has 0 saturated heterocycles. The van der Waals surface area contributed by atoms with Gasteiger partial charge in [-0.2, -0.15) is 19.1 Å². The minimum Gasteiger partial charge on any atom is -0.491 e. The van der Waals surface area contributed by atoms with Crippen LogP contribution in [0, 0.1) is 11.3 Å². The summed E-state index contributed by atoms with van der Waals surface area (Å²) in [7, 11) is 3.65. The zero-order valence-corrected chi connectivity index (χ0v) is 23.5. The molecule has 3 radical (unpaired) electrons. The van der Waals surface area contributed by atoms with Crippen LogP contribution in [0.3, 0.4) is 0 Å². The van der Waals surface area contributed by atoms with Crippen molar-refractivity contribution in [3.63, 3.8) is 0 Å². The Hall–Kier alpha value is -4.86. The molecule has 0 fully saturated rings. The van der Waals surface area contributed by atoms with Gasteiger partial charge >= 0.3 is 0 Å². The predicted molar refractivity (Wildman–Crippen MR) is 153 cm³/mol. The molecule has 4 aromatic rings. The minimum atomic E-state index is -3.23. The molecule has 1 atom stereocenters. The van der Waals surface area contributed by atoms with Crippen molar-refractivity contribution in [1.29, 1.82) is 5.26 Å². The Morgan fingerprint density at radius 2 is 1.86 bits per heavy atom. The van der Waals surface area contributed by atoms with E-state index in [1.54, 1.807) is 37.3 Å². The van der Waals surface area contributed by atoms with E-state index in [9.17, 15) is 14.9 Å². The van der Waals surface area contributed by atoms with Gasteiger partial charge in [-0.25, -0.2) is 0 Å². The largest absolute Gasteiger partial charge is 0.491 e. The number of alkyl halides is 2. The van der Waals surface area contributed by atoms with Crippen molar-refractivity contribution in [3.8, 4) is 11.8 Å². The molecule has 9 nitrogen and oxygen atoms in total. The standard InChI is InChI=1S/C30H25F2N6O3Si/c1-29(42)18-37-26(24(17-35-37)27(39)36-22-9-12-25(41-14-13-33)19(15-22)16-34)28(40)38(29)23-10-7-21(8-11-23)30(31,32)20-5-3-2-4-6-20/h2-12,15,17H,13-14,18,33H2,1H3,(H,36,39)/t29-/m0/s1. The van der Waals surface area contributed by atoms with Crippen LogP contribution in [0.25, 0.3) is 0 Å². The van der Waals surface area contributed by atoms with Crippen LogP contribution in [0.2, 0.25) is 0 Å². The second-order valence-corrected chi connectivity index (χ2v) is 11.0. The van der Waals surface area contributed by atoms with Gasteiger partial charge in [0, 0.05) is 34.2 Å². The Kier molecular flexibility index (Phi) is 7.64. The molecule has 2 amide bonds. The smallest absolute Gasteiger partial charge is 0.298 e. The van der Waals surface area contributed by atoms with Crippen LogP contribution >= 0.6 is 0 Å². The van der Waals surface area contributed by atoms with E-state index < -0.39 is 22.9 Å². The number of rotatable bonds is 8. The minimum absolute atomic E-state index is 0.0152. The molecule has 3 N–H and O–H groups in total. The molecule has 42 heavy (non-hydrogen) atoms. The number of nitriles is 1. The van der Waals surface area contributed by atoms with Gasteiger partial charge in [0.15, 0.2) is 0 Å². The van der Waals surface area contributed by atoms with E-state index >= 15 is 8.78 Å². The number of ether oxygens (including phenoxy) is 1. The maximum atomic E-state index is 15.1. The SMILES string of the molecule is C[C@]1([Si])Cn2ncc(C(=O)Nc3ccc(OCCN)c(C#N)c3)c2C(=O)N1c1ccc(C(F)(F)c2ccccc2)cc1. The number of carbonyl (C=O) groups excluding carboxylic acids is 2. The number of aromatic nitrogens is 2. The van der Waals surface area contributed by atoms with Gasteiger partial charge in [-0.1, -0.05) is 42.5 Å². The van der Waals surface area contributed by atoms with Crippen molar-refractivity contribution in [2.45, 2.75) is 24.6 Å². The lowest BCUT2D eigenvalue weighted by atomic mass is 9.99. The van der Waals surface area contributed by atoms with Gasteiger partial charge < -0.3 is 20.7 Å². The number of hydrogen-bond donors (Lipinski definition) is 2. The van der Waals surface area contributed by atoms with E-state index in [4.69, 9.17) is 10.5 Å². The third-order valence-electron chi connectivity index (χ3n) is 6.80. The number of benzene rings is 3. The molecular formula is C30H25F2N6O3Si. The molecule has 1 aliphatic rings. The topological polar surface area (TPSA) is 126 Å². The van der Waals surface area contributed by atoms with Gasteiger partial charge in [-0.05, 0) is 37.3 Å². The van der Waals surface area contributed by atoms with Gasteiger partial charge in [0.1, 0.15) is 24.1 Å². The van der Waals surface area contributed by atoms with Crippen molar-refractivity contribution in [1.82, 2.24) is 9.78 Å². The lowest BCUT2D eigenvalue weighted by Crippen LogP contribution is -2.58. The maximum absolute atomic E-state index is 15.1. The molecule has 12 heteroatoms. The molecule has 5 rings (SSSR count). The molecule has 3 aromatic carbocycles. The number of halogens is 2. The number of amides is 2. The first kappa shape index (κ1) is 28.7. The van der Waals surface area contributed by atoms with Gasteiger partial charge in [0.25, 0.3) is 17.7 Å². The summed E-state index contributed by atoms with van der Waals surface area (Å²) in [6.45, 7) is 2.42. The fourth-order valence-corrected chi connectivity index (χ4v) is 5.19. The van der Waals surface area contributed by atoms with E-state index in [1.807, 2.05) is 6.07 Å². The fourth-order valence-electron chi connectivity index (χ4n) is 4.81. The highest BCUT2D eigenvalue weighted by Gasteiger charge is 2.43. The molecule has 1 aromatic heterocycles. The lowest BCUT2D eigenvalue weighted by Gasteiger charge is -2.42. The number of fused-ring (bicyclic) bond motifs is 1. The van der Waals surface area contributed by atoms with Crippen LogP contribution in [0.5, 0.6) is 5.75 Å². The van der Waals surface area contributed by atoms with Crippen LogP contribution in [-0.2, 0) is 12.5 Å². The summed E-state index contributed by atoms with van der Waals surface area (Å²) in [6, 6.07) is 19.5. The highest BCUT2D eigenvalue weighted by atomic mass is 28.1. The van der Waals surface area contributed by atoms with Crippen LogP contribution in [0.4, 0.5) is 20.2 Å². The molecule has 211 valence electrons. The summed E-state index contributed by atoms with van der Waals surface area (Å²) in [5, 5.41) is 15.4. The number of carbonyl (C=O) groups is 2. The highest BCUT2D eigenvalue weighted by molar-refractivity contribution is 6.25. The van der Waals surface area contributed by atoms with Crippen molar-refractivity contribution in [2.75, 3.05) is 23.4 Å². The molecule has 0 spiro atoms. The number of anilines is 2. The van der Waals surface area contributed by atoms with Crippen LogP contribution in [0.1, 0.15) is 44.5 Å². The Balaban J connectivity index is 1.42. The number of nitrogens with zero attached hydrogens (tertiary/aromatic N) is 4. The summed E-state index contributed by atoms with van der Waals surface area (Å²) in [5.41, 5.74) is 6.02. The average Bonchev–Trinajstić information content (AvgIpc) is 3.40. The van der Waals surface area contributed by atoms with Gasteiger partial charge in [0.05, 0.1) is 34.1 Å². The van der Waals surface area contributed by atoms with Crippen molar-refractivity contribution in [2.24, 2.45) is 5.73 Å². The molecule has 0 bridgehead atoms. The molecular weight excluding hydrogens is 558 g/mol. The van der Waals surface area contributed by atoms with Crippen molar-refractivity contribution >= 4 is 33.4 Å². The van der Waals surface area contributed by atoms with E-state index in [0.29, 0.717) is 17.1 Å². The monoisotopic (exact) mass is 583 g/mol. The maximum Gasteiger partial charge on any atom is 0.298 e. The quantitative estimate of drug-likeness (QED) is 0.302. The highest BCUT2D eigenvalue weighted by Crippen LogP contribution is 2.38. The second kappa shape index (κ2) is 11.2. The average molecular weight is 584 g/mol. The van der Waals surface area contributed by atoms with E-state index in [1.165, 1.54) is 58.2 Å². The Morgan fingerprint density at radius 1 is 1.17 bits per heavy atom. The third kappa shape index (κ3) is 5.27. The van der Waals surface area contributed by atoms with E-state index in [0.717, 1.165) is 0 Å². The second-order valence-electron chi connectivity index (χ2n) is 9.88. The summed E-state index contributed by atoms with van der Waals surface area (Å²) < 4.78 is 37.1. The first-order valence-corrected chi connectivity index (χ1v) is 13.4. The predicted octanol–water partition coefficient (Wildman–Crippen LogP) is 4.03. The number of nitrogens with two attached hydrogens (primary N) is 1. The Bertz CT molecular complexity index is 1680. The zero-order chi connectivity index (χ0) is 30.1. The summed E-state index contributed by atoms with van der Waals surface area (Å²) >= 11 is 0.